The van der Waals surface area contributed by atoms with Crippen molar-refractivity contribution in [2.24, 2.45) is 0 Å². The van der Waals surface area contributed by atoms with E-state index in [2.05, 4.69) is 55.3 Å². The maximum atomic E-state index is 13.0. The van der Waals surface area contributed by atoms with Gasteiger partial charge in [0.05, 0.1) is 11.4 Å². The maximum absolute atomic E-state index is 13.0. The molecule has 0 atom stereocenters. The zero-order valence-corrected chi connectivity index (χ0v) is 17.2. The molecule has 2 aromatic heterocycles. The monoisotopic (exact) mass is 383 g/mol. The lowest BCUT2D eigenvalue weighted by atomic mass is 9.86. The number of carbonyl (C=O) groups excluding carboxylic acids is 1. The SMILES string of the molecule is Cc1cn2cc(NC(=O)c3ccccc3-c3ccc(C(C)(C)C)cc3)ccc2n1. The van der Waals surface area contributed by atoms with E-state index in [1.165, 1.54) is 5.56 Å². The molecule has 146 valence electrons. The number of pyridine rings is 1. The molecule has 0 bridgehead atoms. The van der Waals surface area contributed by atoms with Crippen molar-refractivity contribution in [3.63, 3.8) is 0 Å². The first kappa shape index (κ1) is 18.9. The van der Waals surface area contributed by atoms with Crippen molar-refractivity contribution >= 4 is 17.2 Å². The van der Waals surface area contributed by atoms with Gasteiger partial charge in [-0.05, 0) is 47.2 Å². The van der Waals surface area contributed by atoms with Gasteiger partial charge in [0.25, 0.3) is 5.91 Å². The molecular weight excluding hydrogens is 358 g/mol. The second kappa shape index (κ2) is 7.21. The van der Waals surface area contributed by atoms with E-state index in [-0.39, 0.29) is 11.3 Å². The lowest BCUT2D eigenvalue weighted by Crippen LogP contribution is -2.13. The summed E-state index contributed by atoms with van der Waals surface area (Å²) in [6.45, 7) is 8.54. The van der Waals surface area contributed by atoms with E-state index in [4.69, 9.17) is 0 Å². The van der Waals surface area contributed by atoms with Gasteiger partial charge >= 0.3 is 0 Å². The second-order valence-electron chi connectivity index (χ2n) is 8.39. The summed E-state index contributed by atoms with van der Waals surface area (Å²) in [5.41, 5.74) is 6.51. The minimum absolute atomic E-state index is 0.0970. The zero-order valence-electron chi connectivity index (χ0n) is 17.2. The Labute approximate surface area is 171 Å². The Hall–Kier alpha value is -3.40. The standard InChI is InChI=1S/C25H25N3O/c1-17-15-28-16-20(13-14-23(28)26-17)27-24(29)22-8-6-5-7-21(22)18-9-11-19(12-10-18)25(2,3)4/h5-16H,1-4H3,(H,27,29). The second-order valence-corrected chi connectivity index (χ2v) is 8.39. The van der Waals surface area contributed by atoms with Gasteiger partial charge in [-0.2, -0.15) is 0 Å². The van der Waals surface area contributed by atoms with Crippen LogP contribution in [0.15, 0.2) is 73.1 Å². The number of amides is 1. The van der Waals surface area contributed by atoms with Crippen molar-refractivity contribution in [1.82, 2.24) is 9.38 Å². The van der Waals surface area contributed by atoms with Gasteiger partial charge in [0.1, 0.15) is 5.65 Å². The molecule has 4 nitrogen and oxygen atoms in total. The van der Waals surface area contributed by atoms with Crippen LogP contribution in [0.4, 0.5) is 5.69 Å². The van der Waals surface area contributed by atoms with Gasteiger partial charge in [0.2, 0.25) is 0 Å². The van der Waals surface area contributed by atoms with Crippen molar-refractivity contribution in [2.45, 2.75) is 33.1 Å². The smallest absolute Gasteiger partial charge is 0.256 e. The largest absolute Gasteiger partial charge is 0.321 e. The number of rotatable bonds is 3. The summed E-state index contributed by atoms with van der Waals surface area (Å²) in [6.07, 6.45) is 3.82. The van der Waals surface area contributed by atoms with Crippen LogP contribution in [0.25, 0.3) is 16.8 Å². The number of aromatic nitrogens is 2. The number of carbonyl (C=O) groups is 1. The quantitative estimate of drug-likeness (QED) is 0.482. The molecule has 0 aliphatic carbocycles. The van der Waals surface area contributed by atoms with E-state index in [0.29, 0.717) is 5.56 Å². The molecule has 1 N–H and O–H groups in total. The predicted molar refractivity (Wildman–Crippen MR) is 118 cm³/mol. The van der Waals surface area contributed by atoms with E-state index < -0.39 is 0 Å². The molecule has 0 fully saturated rings. The van der Waals surface area contributed by atoms with Gasteiger partial charge < -0.3 is 9.72 Å². The van der Waals surface area contributed by atoms with Crippen molar-refractivity contribution in [3.05, 3.63) is 89.9 Å². The Balaban J connectivity index is 1.64. The van der Waals surface area contributed by atoms with E-state index in [0.717, 1.165) is 28.2 Å². The van der Waals surface area contributed by atoms with Gasteiger partial charge in [0.15, 0.2) is 0 Å². The van der Waals surface area contributed by atoms with Gasteiger partial charge in [-0.1, -0.05) is 63.2 Å². The predicted octanol–water partition coefficient (Wildman–Crippen LogP) is 5.86. The summed E-state index contributed by atoms with van der Waals surface area (Å²) in [7, 11) is 0. The topological polar surface area (TPSA) is 46.4 Å². The zero-order chi connectivity index (χ0) is 20.6. The fourth-order valence-corrected chi connectivity index (χ4v) is 3.47. The molecule has 0 saturated heterocycles. The molecule has 4 rings (SSSR count). The third-order valence-electron chi connectivity index (χ3n) is 5.06. The number of fused-ring (bicyclic) bond motifs is 1. The first-order chi connectivity index (χ1) is 13.8. The molecule has 2 aromatic carbocycles. The highest BCUT2D eigenvalue weighted by Gasteiger charge is 2.16. The highest BCUT2D eigenvalue weighted by atomic mass is 16.1. The Bertz CT molecular complexity index is 1180. The fourth-order valence-electron chi connectivity index (χ4n) is 3.47. The van der Waals surface area contributed by atoms with Crippen molar-refractivity contribution in [3.8, 4) is 11.1 Å². The van der Waals surface area contributed by atoms with Crippen LogP contribution in [0, 0.1) is 6.92 Å². The number of nitrogens with one attached hydrogen (secondary N) is 1. The number of benzene rings is 2. The summed E-state index contributed by atoms with van der Waals surface area (Å²) in [6, 6.07) is 19.9. The summed E-state index contributed by atoms with van der Waals surface area (Å²) in [5, 5.41) is 3.02. The van der Waals surface area contributed by atoms with Crippen molar-refractivity contribution < 1.29 is 4.79 Å². The van der Waals surface area contributed by atoms with Gasteiger partial charge in [-0.25, -0.2) is 4.98 Å². The first-order valence-corrected chi connectivity index (χ1v) is 9.78. The summed E-state index contributed by atoms with van der Waals surface area (Å²) < 4.78 is 1.92. The third-order valence-corrected chi connectivity index (χ3v) is 5.06. The lowest BCUT2D eigenvalue weighted by Gasteiger charge is -2.19. The number of imidazole rings is 1. The molecule has 2 heterocycles. The minimum atomic E-state index is -0.128. The summed E-state index contributed by atoms with van der Waals surface area (Å²) >= 11 is 0. The normalized spacial score (nSPS) is 11.6. The van der Waals surface area contributed by atoms with Gasteiger partial charge in [0, 0.05) is 18.0 Å². The molecule has 1 amide bonds. The van der Waals surface area contributed by atoms with Crippen LogP contribution in [0.3, 0.4) is 0 Å². The van der Waals surface area contributed by atoms with Crippen molar-refractivity contribution in [2.75, 3.05) is 5.32 Å². The van der Waals surface area contributed by atoms with Crippen LogP contribution < -0.4 is 5.32 Å². The Kier molecular flexibility index (Phi) is 4.71. The molecule has 4 heteroatoms. The first-order valence-electron chi connectivity index (χ1n) is 9.78. The molecule has 4 aromatic rings. The van der Waals surface area contributed by atoms with Crippen LogP contribution in [-0.4, -0.2) is 15.3 Å². The number of aryl methyl sites for hydroxylation is 1. The van der Waals surface area contributed by atoms with Crippen LogP contribution >= 0.6 is 0 Å². The Morgan fingerprint density at radius 1 is 0.931 bits per heavy atom. The van der Waals surface area contributed by atoms with E-state index in [1.807, 2.05) is 60.1 Å². The molecule has 0 radical (unpaired) electrons. The molecule has 0 spiro atoms. The average molecular weight is 383 g/mol. The molecule has 0 unspecified atom stereocenters. The number of hydrogen-bond donors (Lipinski definition) is 1. The molecular formula is C25H25N3O. The van der Waals surface area contributed by atoms with E-state index in [9.17, 15) is 4.79 Å². The van der Waals surface area contributed by atoms with Gasteiger partial charge in [-0.15, -0.1) is 0 Å². The van der Waals surface area contributed by atoms with Crippen molar-refractivity contribution in [1.29, 1.82) is 0 Å². The van der Waals surface area contributed by atoms with Crippen LogP contribution in [-0.2, 0) is 5.41 Å². The fraction of sp³-hybridized carbons (Fsp3) is 0.200. The number of anilines is 1. The average Bonchev–Trinajstić information content (AvgIpc) is 3.06. The highest BCUT2D eigenvalue weighted by molar-refractivity contribution is 6.08. The lowest BCUT2D eigenvalue weighted by molar-refractivity contribution is 0.102. The summed E-state index contributed by atoms with van der Waals surface area (Å²) in [5.74, 6) is -0.128. The Morgan fingerprint density at radius 2 is 1.66 bits per heavy atom. The maximum Gasteiger partial charge on any atom is 0.256 e. The number of hydrogen-bond acceptors (Lipinski definition) is 2. The van der Waals surface area contributed by atoms with Crippen LogP contribution in [0.1, 0.15) is 42.4 Å². The molecule has 29 heavy (non-hydrogen) atoms. The van der Waals surface area contributed by atoms with Crippen LogP contribution in [0.2, 0.25) is 0 Å². The highest BCUT2D eigenvalue weighted by Crippen LogP contribution is 2.28. The Morgan fingerprint density at radius 3 is 2.38 bits per heavy atom. The van der Waals surface area contributed by atoms with Gasteiger partial charge in [-0.3, -0.25) is 4.79 Å². The van der Waals surface area contributed by atoms with E-state index >= 15 is 0 Å². The molecule has 0 aliphatic heterocycles. The molecule has 0 aliphatic rings. The summed E-state index contributed by atoms with van der Waals surface area (Å²) in [4.78, 5) is 17.5. The molecule has 0 saturated carbocycles. The van der Waals surface area contributed by atoms with E-state index in [1.54, 1.807) is 0 Å². The number of nitrogens with zero attached hydrogens (tertiary/aromatic N) is 2. The minimum Gasteiger partial charge on any atom is -0.321 e. The van der Waals surface area contributed by atoms with Crippen LogP contribution in [0.5, 0.6) is 0 Å². The third kappa shape index (κ3) is 3.92.